The van der Waals surface area contributed by atoms with Gasteiger partial charge in [0.1, 0.15) is 6.04 Å². The van der Waals surface area contributed by atoms with E-state index >= 15 is 0 Å². The first-order valence-corrected chi connectivity index (χ1v) is 6.82. The third-order valence-corrected chi connectivity index (χ3v) is 2.77. The maximum absolute atomic E-state index is 10.9. The van der Waals surface area contributed by atoms with Crippen LogP contribution >= 0.6 is 0 Å². The van der Waals surface area contributed by atoms with Gasteiger partial charge in [-0.1, -0.05) is 13.3 Å². The lowest BCUT2D eigenvalue weighted by Crippen LogP contribution is -2.39. The molecular weight excluding hydrogens is 274 g/mol. The molecule has 0 bridgehead atoms. The Hall–Kier alpha value is -2.22. The molecule has 0 aromatic carbocycles. The Balaban J connectivity index is 2.47. The van der Waals surface area contributed by atoms with Crippen molar-refractivity contribution in [1.82, 2.24) is 15.3 Å². The highest BCUT2D eigenvalue weighted by molar-refractivity contribution is 5.83. The summed E-state index contributed by atoms with van der Waals surface area (Å²) in [7, 11) is 0. The van der Waals surface area contributed by atoms with E-state index in [2.05, 4.69) is 27.5 Å². The third kappa shape index (κ3) is 6.66. The number of rotatable bonds is 10. The summed E-state index contributed by atoms with van der Waals surface area (Å²) in [4.78, 5) is 30.0. The van der Waals surface area contributed by atoms with Gasteiger partial charge in [-0.3, -0.25) is 14.9 Å². The maximum atomic E-state index is 10.9. The lowest BCUT2D eigenvalue weighted by Gasteiger charge is -2.12. The van der Waals surface area contributed by atoms with Crippen molar-refractivity contribution in [2.45, 2.75) is 38.8 Å². The number of nitrogens with one attached hydrogen (secondary N) is 2. The van der Waals surface area contributed by atoms with Gasteiger partial charge in [-0.25, -0.2) is 9.97 Å². The van der Waals surface area contributed by atoms with Crippen molar-refractivity contribution in [2.75, 3.05) is 11.9 Å². The molecule has 1 heterocycles. The minimum absolute atomic E-state index is 0.249. The summed E-state index contributed by atoms with van der Waals surface area (Å²) < 4.78 is 0. The standard InChI is InChI=1S/C13H21N5O3/c1-2-3-4-15-13-17-7-9(8-18-13)6-16-10(12(20)21)5-11(14)19/h7-8,10,16H,2-6H2,1H3,(H2,14,19)(H,20,21)(H,15,17,18). The molecular formula is C13H21N5O3. The van der Waals surface area contributed by atoms with Gasteiger partial charge in [0.15, 0.2) is 0 Å². The van der Waals surface area contributed by atoms with Crippen LogP contribution in [0.5, 0.6) is 0 Å². The van der Waals surface area contributed by atoms with Crippen molar-refractivity contribution in [2.24, 2.45) is 5.73 Å². The van der Waals surface area contributed by atoms with Gasteiger partial charge < -0.3 is 16.2 Å². The molecule has 0 aliphatic rings. The van der Waals surface area contributed by atoms with Crippen LogP contribution in [-0.2, 0) is 16.1 Å². The first kappa shape index (κ1) is 16.8. The Bertz CT molecular complexity index is 463. The molecule has 0 radical (unpaired) electrons. The number of carbonyl (C=O) groups excluding carboxylic acids is 1. The van der Waals surface area contributed by atoms with Crippen molar-refractivity contribution >= 4 is 17.8 Å². The van der Waals surface area contributed by atoms with Gasteiger partial charge in [0.25, 0.3) is 0 Å². The summed E-state index contributed by atoms with van der Waals surface area (Å²) in [6.45, 7) is 3.16. The monoisotopic (exact) mass is 295 g/mol. The average Bonchev–Trinajstić information content (AvgIpc) is 2.44. The minimum atomic E-state index is -1.12. The summed E-state index contributed by atoms with van der Waals surface area (Å²) >= 11 is 0. The van der Waals surface area contributed by atoms with E-state index in [1.165, 1.54) is 0 Å². The van der Waals surface area contributed by atoms with E-state index < -0.39 is 17.9 Å². The molecule has 1 rings (SSSR count). The largest absolute Gasteiger partial charge is 0.480 e. The third-order valence-electron chi connectivity index (χ3n) is 2.77. The van der Waals surface area contributed by atoms with Gasteiger partial charge in [0.05, 0.1) is 6.42 Å². The lowest BCUT2D eigenvalue weighted by atomic mass is 10.2. The molecule has 8 nitrogen and oxygen atoms in total. The predicted molar refractivity (Wildman–Crippen MR) is 77.5 cm³/mol. The second-order valence-electron chi connectivity index (χ2n) is 4.64. The van der Waals surface area contributed by atoms with Crippen LogP contribution in [0.1, 0.15) is 31.7 Å². The van der Waals surface area contributed by atoms with E-state index in [0.717, 1.165) is 24.9 Å². The Labute approximate surface area is 123 Å². The highest BCUT2D eigenvalue weighted by atomic mass is 16.4. The summed E-state index contributed by atoms with van der Waals surface area (Å²) in [5.74, 6) is -1.24. The molecule has 8 heteroatoms. The second kappa shape index (κ2) is 8.85. The Morgan fingerprint density at radius 2 is 2.05 bits per heavy atom. The fourth-order valence-electron chi connectivity index (χ4n) is 1.60. The summed E-state index contributed by atoms with van der Waals surface area (Å²) in [6, 6.07) is -1.01. The number of carboxylic acid groups (broad SMARTS) is 1. The fraction of sp³-hybridized carbons (Fsp3) is 0.538. The van der Waals surface area contributed by atoms with Crippen molar-refractivity contribution in [3.63, 3.8) is 0 Å². The molecule has 1 atom stereocenters. The van der Waals surface area contributed by atoms with Crippen LogP contribution in [0.15, 0.2) is 12.4 Å². The zero-order chi connectivity index (χ0) is 15.7. The maximum Gasteiger partial charge on any atom is 0.321 e. The molecule has 5 N–H and O–H groups in total. The number of aromatic nitrogens is 2. The number of nitrogens with two attached hydrogens (primary N) is 1. The fourth-order valence-corrected chi connectivity index (χ4v) is 1.60. The Morgan fingerprint density at radius 3 is 2.57 bits per heavy atom. The number of unbranched alkanes of at least 4 members (excludes halogenated alkanes) is 1. The van der Waals surface area contributed by atoms with Crippen LogP contribution in [0.25, 0.3) is 0 Å². The van der Waals surface area contributed by atoms with Gasteiger partial charge in [0.2, 0.25) is 11.9 Å². The van der Waals surface area contributed by atoms with Crippen molar-refractivity contribution in [3.05, 3.63) is 18.0 Å². The number of anilines is 1. The van der Waals surface area contributed by atoms with Crippen LogP contribution in [0.2, 0.25) is 0 Å². The number of aliphatic carboxylic acids is 1. The zero-order valence-corrected chi connectivity index (χ0v) is 12.0. The predicted octanol–water partition coefficient (Wildman–Crippen LogP) is 0.107. The van der Waals surface area contributed by atoms with E-state index in [1.54, 1.807) is 12.4 Å². The van der Waals surface area contributed by atoms with E-state index in [4.69, 9.17) is 10.8 Å². The van der Waals surface area contributed by atoms with Crippen LogP contribution in [0.4, 0.5) is 5.95 Å². The first-order valence-electron chi connectivity index (χ1n) is 6.82. The molecule has 0 aliphatic heterocycles. The van der Waals surface area contributed by atoms with Gasteiger partial charge in [-0.15, -0.1) is 0 Å². The quantitative estimate of drug-likeness (QED) is 0.450. The molecule has 1 amide bonds. The minimum Gasteiger partial charge on any atom is -0.480 e. The second-order valence-corrected chi connectivity index (χ2v) is 4.64. The Morgan fingerprint density at radius 1 is 1.38 bits per heavy atom. The number of amides is 1. The van der Waals surface area contributed by atoms with E-state index in [-0.39, 0.29) is 13.0 Å². The number of hydrogen-bond donors (Lipinski definition) is 4. The highest BCUT2D eigenvalue weighted by Crippen LogP contribution is 2.02. The molecule has 0 spiro atoms. The smallest absolute Gasteiger partial charge is 0.321 e. The molecule has 1 aromatic heterocycles. The number of carbonyl (C=O) groups is 2. The van der Waals surface area contributed by atoms with E-state index in [9.17, 15) is 9.59 Å². The topological polar surface area (TPSA) is 130 Å². The molecule has 0 saturated carbocycles. The number of nitrogens with zero attached hydrogens (tertiary/aromatic N) is 2. The van der Waals surface area contributed by atoms with Gasteiger partial charge in [0, 0.05) is 31.0 Å². The highest BCUT2D eigenvalue weighted by Gasteiger charge is 2.19. The van der Waals surface area contributed by atoms with E-state index in [0.29, 0.717) is 5.95 Å². The zero-order valence-electron chi connectivity index (χ0n) is 12.0. The first-order chi connectivity index (χ1) is 10.0. The molecule has 1 unspecified atom stereocenters. The SMILES string of the molecule is CCCCNc1ncc(CNC(CC(N)=O)C(=O)O)cn1. The number of hydrogen-bond acceptors (Lipinski definition) is 6. The van der Waals surface area contributed by atoms with Gasteiger partial charge >= 0.3 is 5.97 Å². The normalized spacial score (nSPS) is 11.9. The Kier molecular flexibility index (Phi) is 7.10. The summed E-state index contributed by atoms with van der Waals surface area (Å²) in [5, 5.41) is 14.8. The van der Waals surface area contributed by atoms with Crippen molar-refractivity contribution in [3.8, 4) is 0 Å². The molecule has 0 saturated heterocycles. The van der Waals surface area contributed by atoms with Crippen LogP contribution in [0, 0.1) is 0 Å². The molecule has 116 valence electrons. The number of carboxylic acids is 1. The van der Waals surface area contributed by atoms with Gasteiger partial charge in [-0.05, 0) is 6.42 Å². The summed E-state index contributed by atoms with van der Waals surface area (Å²) in [5.41, 5.74) is 5.73. The molecule has 0 aliphatic carbocycles. The van der Waals surface area contributed by atoms with Crippen LogP contribution < -0.4 is 16.4 Å². The average molecular weight is 295 g/mol. The number of primary amides is 1. The molecule has 21 heavy (non-hydrogen) atoms. The van der Waals surface area contributed by atoms with E-state index in [1.807, 2.05) is 0 Å². The molecule has 1 aromatic rings. The van der Waals surface area contributed by atoms with Crippen LogP contribution in [0.3, 0.4) is 0 Å². The lowest BCUT2D eigenvalue weighted by molar-refractivity contribution is -0.141. The van der Waals surface area contributed by atoms with Crippen molar-refractivity contribution in [1.29, 1.82) is 0 Å². The summed E-state index contributed by atoms with van der Waals surface area (Å²) in [6.07, 6.45) is 5.09. The molecule has 0 fully saturated rings. The van der Waals surface area contributed by atoms with Crippen LogP contribution in [-0.4, -0.2) is 39.5 Å². The van der Waals surface area contributed by atoms with Crippen molar-refractivity contribution < 1.29 is 14.7 Å². The van der Waals surface area contributed by atoms with Gasteiger partial charge in [-0.2, -0.15) is 0 Å².